The number of anilines is 1. The number of carbonyl (C=O) groups is 1. The SMILES string of the molecule is COc1cc(C=CC(=O)NCCn2ncc3c(N4CCOCC4)nc(SC)nc32)cc(OC)c1OC. The monoisotopic (exact) mass is 514 g/mol. The molecule has 0 saturated carbocycles. The molecule has 0 unspecified atom stereocenters. The summed E-state index contributed by atoms with van der Waals surface area (Å²) in [5.74, 6) is 2.18. The van der Waals surface area contributed by atoms with E-state index >= 15 is 0 Å². The minimum atomic E-state index is -0.228. The number of benzene rings is 1. The second-order valence-corrected chi connectivity index (χ2v) is 8.59. The molecule has 36 heavy (non-hydrogen) atoms. The first-order valence-electron chi connectivity index (χ1n) is 11.4. The maximum atomic E-state index is 12.4. The van der Waals surface area contributed by atoms with Crippen molar-refractivity contribution in [2.75, 3.05) is 65.3 Å². The van der Waals surface area contributed by atoms with E-state index in [-0.39, 0.29) is 5.91 Å². The maximum Gasteiger partial charge on any atom is 0.244 e. The number of carbonyl (C=O) groups excluding carboxylic acids is 1. The summed E-state index contributed by atoms with van der Waals surface area (Å²) in [6, 6.07) is 3.55. The molecule has 11 nitrogen and oxygen atoms in total. The number of hydrogen-bond donors (Lipinski definition) is 1. The molecule has 1 amide bonds. The van der Waals surface area contributed by atoms with Gasteiger partial charge in [-0.1, -0.05) is 11.8 Å². The van der Waals surface area contributed by atoms with E-state index in [2.05, 4.69) is 20.3 Å². The highest BCUT2D eigenvalue weighted by atomic mass is 32.2. The van der Waals surface area contributed by atoms with Crippen LogP contribution in [0.3, 0.4) is 0 Å². The number of thioether (sulfide) groups is 1. The molecule has 0 atom stereocenters. The average molecular weight is 515 g/mol. The van der Waals surface area contributed by atoms with Gasteiger partial charge < -0.3 is 29.2 Å². The smallest absolute Gasteiger partial charge is 0.244 e. The van der Waals surface area contributed by atoms with E-state index in [1.165, 1.54) is 17.8 Å². The normalized spacial score (nSPS) is 13.8. The molecule has 0 radical (unpaired) electrons. The molecule has 1 N–H and O–H groups in total. The molecule has 0 aliphatic carbocycles. The minimum Gasteiger partial charge on any atom is -0.493 e. The fourth-order valence-electron chi connectivity index (χ4n) is 3.91. The largest absolute Gasteiger partial charge is 0.493 e. The van der Waals surface area contributed by atoms with E-state index in [1.54, 1.807) is 50.4 Å². The first kappa shape index (κ1) is 25.6. The number of ether oxygens (including phenoxy) is 4. The van der Waals surface area contributed by atoms with Crippen LogP contribution in [0.2, 0.25) is 0 Å². The standard InChI is InChI=1S/C24H30N6O5S/c1-32-18-13-16(14-19(33-2)21(18)34-3)5-6-20(31)25-7-8-30-23-17(15-26-30)22(27-24(28-23)36-4)29-9-11-35-12-10-29/h5-6,13-15H,7-12H2,1-4H3,(H,25,31). The van der Waals surface area contributed by atoms with Gasteiger partial charge in [-0.3, -0.25) is 4.79 Å². The van der Waals surface area contributed by atoms with Crippen LogP contribution >= 0.6 is 11.8 Å². The van der Waals surface area contributed by atoms with Gasteiger partial charge in [-0.15, -0.1) is 0 Å². The number of hydrogen-bond acceptors (Lipinski definition) is 10. The molecule has 0 spiro atoms. The molecule has 12 heteroatoms. The Bertz CT molecular complexity index is 1220. The lowest BCUT2D eigenvalue weighted by Crippen LogP contribution is -2.37. The van der Waals surface area contributed by atoms with Crippen LogP contribution in [0.5, 0.6) is 17.2 Å². The highest BCUT2D eigenvalue weighted by molar-refractivity contribution is 7.98. The van der Waals surface area contributed by atoms with E-state index in [4.69, 9.17) is 23.9 Å². The van der Waals surface area contributed by atoms with Gasteiger partial charge in [-0.2, -0.15) is 5.10 Å². The third-order valence-corrected chi connectivity index (χ3v) is 6.23. The minimum absolute atomic E-state index is 0.228. The van der Waals surface area contributed by atoms with Crippen molar-refractivity contribution >= 4 is 40.6 Å². The van der Waals surface area contributed by atoms with Crippen molar-refractivity contribution in [1.82, 2.24) is 25.1 Å². The van der Waals surface area contributed by atoms with Crippen LogP contribution < -0.4 is 24.4 Å². The molecule has 1 saturated heterocycles. The predicted molar refractivity (Wildman–Crippen MR) is 138 cm³/mol. The Labute approximate surface area is 213 Å². The first-order valence-corrected chi connectivity index (χ1v) is 12.7. The third-order valence-electron chi connectivity index (χ3n) is 5.69. The molecule has 2 aromatic heterocycles. The van der Waals surface area contributed by atoms with Gasteiger partial charge in [0.15, 0.2) is 22.3 Å². The lowest BCUT2D eigenvalue weighted by Gasteiger charge is -2.28. The molecule has 3 heterocycles. The number of aromatic nitrogens is 4. The lowest BCUT2D eigenvalue weighted by atomic mass is 10.1. The van der Waals surface area contributed by atoms with Crippen molar-refractivity contribution in [3.8, 4) is 17.2 Å². The van der Waals surface area contributed by atoms with Crippen molar-refractivity contribution in [2.24, 2.45) is 0 Å². The zero-order valence-electron chi connectivity index (χ0n) is 20.8. The summed E-state index contributed by atoms with van der Waals surface area (Å²) < 4.78 is 23.3. The molecular weight excluding hydrogens is 484 g/mol. The molecule has 3 aromatic rings. The van der Waals surface area contributed by atoms with Gasteiger partial charge in [0.2, 0.25) is 11.7 Å². The summed E-state index contributed by atoms with van der Waals surface area (Å²) in [5.41, 5.74) is 1.49. The number of nitrogens with zero attached hydrogens (tertiary/aromatic N) is 5. The number of morpholine rings is 1. The fraction of sp³-hybridized carbons (Fsp3) is 0.417. The van der Waals surface area contributed by atoms with Crippen molar-refractivity contribution in [2.45, 2.75) is 11.7 Å². The highest BCUT2D eigenvalue weighted by Gasteiger charge is 2.20. The van der Waals surface area contributed by atoms with Crippen LogP contribution in [-0.4, -0.2) is 86.1 Å². The Kier molecular flexibility index (Phi) is 8.49. The van der Waals surface area contributed by atoms with Crippen LogP contribution in [0.4, 0.5) is 5.82 Å². The van der Waals surface area contributed by atoms with Gasteiger partial charge in [0, 0.05) is 25.7 Å². The van der Waals surface area contributed by atoms with Gasteiger partial charge in [-0.05, 0) is 30.0 Å². The van der Waals surface area contributed by atoms with Crippen molar-refractivity contribution in [3.05, 3.63) is 30.0 Å². The molecule has 1 aliphatic rings. The average Bonchev–Trinajstić information content (AvgIpc) is 3.33. The number of fused-ring (bicyclic) bond motifs is 1. The van der Waals surface area contributed by atoms with Crippen LogP contribution in [-0.2, 0) is 16.1 Å². The molecule has 1 aliphatic heterocycles. The fourth-order valence-corrected chi connectivity index (χ4v) is 4.26. The number of amides is 1. The quantitative estimate of drug-likeness (QED) is 0.246. The van der Waals surface area contributed by atoms with Gasteiger partial charge in [-0.25, -0.2) is 14.6 Å². The summed E-state index contributed by atoms with van der Waals surface area (Å²) in [6.45, 7) is 3.76. The van der Waals surface area contributed by atoms with Crippen molar-refractivity contribution in [1.29, 1.82) is 0 Å². The molecular formula is C24H30N6O5S. The van der Waals surface area contributed by atoms with Gasteiger partial charge in [0.1, 0.15) is 5.82 Å². The number of rotatable bonds is 10. The van der Waals surface area contributed by atoms with Gasteiger partial charge in [0.05, 0.1) is 52.7 Å². The molecule has 0 bridgehead atoms. The Morgan fingerprint density at radius 2 is 1.86 bits per heavy atom. The van der Waals surface area contributed by atoms with E-state index in [1.807, 2.05) is 6.26 Å². The first-order chi connectivity index (χ1) is 17.6. The molecule has 1 aromatic carbocycles. The van der Waals surface area contributed by atoms with Gasteiger partial charge in [0.25, 0.3) is 0 Å². The van der Waals surface area contributed by atoms with E-state index in [0.717, 1.165) is 35.5 Å². The van der Waals surface area contributed by atoms with Crippen molar-refractivity contribution < 1.29 is 23.7 Å². The Balaban J connectivity index is 1.42. The van der Waals surface area contributed by atoms with E-state index < -0.39 is 0 Å². The summed E-state index contributed by atoms with van der Waals surface area (Å²) in [4.78, 5) is 24.0. The topological polar surface area (TPSA) is 113 Å². The summed E-state index contributed by atoms with van der Waals surface area (Å²) in [7, 11) is 4.64. The van der Waals surface area contributed by atoms with Crippen LogP contribution in [0, 0.1) is 0 Å². The van der Waals surface area contributed by atoms with Crippen LogP contribution in [0.15, 0.2) is 29.6 Å². The van der Waals surface area contributed by atoms with Gasteiger partial charge >= 0.3 is 0 Å². The molecule has 1 fully saturated rings. The zero-order chi connectivity index (χ0) is 25.5. The summed E-state index contributed by atoms with van der Waals surface area (Å²) in [5, 5.41) is 8.98. The Hall–Kier alpha value is -3.51. The third kappa shape index (κ3) is 5.65. The Morgan fingerprint density at radius 3 is 2.50 bits per heavy atom. The van der Waals surface area contributed by atoms with E-state index in [0.29, 0.717) is 48.7 Å². The van der Waals surface area contributed by atoms with Crippen LogP contribution in [0.1, 0.15) is 5.56 Å². The zero-order valence-corrected chi connectivity index (χ0v) is 21.6. The predicted octanol–water partition coefficient (Wildman–Crippen LogP) is 2.24. The second-order valence-electron chi connectivity index (χ2n) is 7.82. The maximum absolute atomic E-state index is 12.4. The summed E-state index contributed by atoms with van der Waals surface area (Å²) in [6.07, 6.45) is 6.89. The summed E-state index contributed by atoms with van der Waals surface area (Å²) >= 11 is 1.49. The Morgan fingerprint density at radius 1 is 1.14 bits per heavy atom. The van der Waals surface area contributed by atoms with Crippen LogP contribution in [0.25, 0.3) is 17.1 Å². The molecule has 192 valence electrons. The second kappa shape index (κ2) is 12.0. The number of methoxy groups -OCH3 is 3. The highest BCUT2D eigenvalue weighted by Crippen LogP contribution is 2.38. The molecule has 4 rings (SSSR count). The number of nitrogens with one attached hydrogen (secondary N) is 1. The lowest BCUT2D eigenvalue weighted by molar-refractivity contribution is -0.116. The van der Waals surface area contributed by atoms with Crippen molar-refractivity contribution in [3.63, 3.8) is 0 Å². The van der Waals surface area contributed by atoms with E-state index in [9.17, 15) is 4.79 Å².